The normalized spacial score (nSPS) is 29.4. The van der Waals surface area contributed by atoms with Gasteiger partial charge in [0.1, 0.15) is 5.75 Å². The van der Waals surface area contributed by atoms with Crippen molar-refractivity contribution in [1.29, 1.82) is 0 Å². The van der Waals surface area contributed by atoms with E-state index in [2.05, 4.69) is 92.9 Å². The standard InChI is InChI=1S/C47H84O4Si2/c1-45(2,3)52(8,9)50-38-27-29-39-36(34-38)26-28-41-40(39)30-31-47(7)42(41)35-37(44(47)51-53(10,11)46(4,5)6)24-20-18-16-14-12-13-15-17-19-22-32-48-43-25-21-23-33-49-43/h27,29,34,37,40-44H,12-26,28,30-33,35H2,1-11H3/t37-,40-,41-,42+,43?,44+,47+/m1/s1. The van der Waals surface area contributed by atoms with E-state index in [1.54, 1.807) is 11.1 Å². The summed E-state index contributed by atoms with van der Waals surface area (Å²) < 4.78 is 26.0. The second-order valence-electron chi connectivity index (χ2n) is 21.5. The van der Waals surface area contributed by atoms with E-state index in [0.717, 1.165) is 37.2 Å². The molecule has 1 saturated heterocycles. The molecule has 2 saturated carbocycles. The van der Waals surface area contributed by atoms with E-state index >= 15 is 0 Å². The minimum Gasteiger partial charge on any atom is -0.543 e. The van der Waals surface area contributed by atoms with Crippen molar-refractivity contribution in [2.24, 2.45) is 23.2 Å². The van der Waals surface area contributed by atoms with Gasteiger partial charge in [-0.05, 0) is 153 Å². The highest BCUT2D eigenvalue weighted by molar-refractivity contribution is 6.75. The Labute approximate surface area is 330 Å². The Morgan fingerprint density at radius 3 is 2.04 bits per heavy atom. The number of hydrogen-bond acceptors (Lipinski definition) is 4. The summed E-state index contributed by atoms with van der Waals surface area (Å²) in [5.41, 5.74) is 3.53. The van der Waals surface area contributed by atoms with Crippen molar-refractivity contribution in [2.45, 2.75) is 225 Å². The van der Waals surface area contributed by atoms with Gasteiger partial charge in [0, 0.05) is 13.2 Å². The van der Waals surface area contributed by atoms with E-state index in [4.69, 9.17) is 18.3 Å². The summed E-state index contributed by atoms with van der Waals surface area (Å²) in [6, 6.07) is 7.24. The van der Waals surface area contributed by atoms with E-state index in [-0.39, 0.29) is 16.4 Å². The quantitative estimate of drug-likeness (QED) is 0.110. The summed E-state index contributed by atoms with van der Waals surface area (Å²) in [4.78, 5) is 0. The Morgan fingerprint density at radius 1 is 0.774 bits per heavy atom. The fourth-order valence-electron chi connectivity index (χ4n) is 10.2. The lowest BCUT2D eigenvalue weighted by molar-refractivity contribution is -0.162. The van der Waals surface area contributed by atoms with Gasteiger partial charge in [0.2, 0.25) is 8.32 Å². The van der Waals surface area contributed by atoms with Crippen LogP contribution in [0, 0.1) is 23.2 Å². The summed E-state index contributed by atoms with van der Waals surface area (Å²) in [6.07, 6.45) is 25.6. The monoisotopic (exact) mass is 769 g/mol. The van der Waals surface area contributed by atoms with Crippen LogP contribution in [0.5, 0.6) is 5.75 Å². The van der Waals surface area contributed by atoms with Crippen LogP contribution in [-0.4, -0.2) is 42.2 Å². The lowest BCUT2D eigenvalue weighted by atomic mass is 9.55. The lowest BCUT2D eigenvalue weighted by Crippen LogP contribution is -2.51. The van der Waals surface area contributed by atoms with Gasteiger partial charge in [0.05, 0.1) is 6.10 Å². The first-order valence-electron chi connectivity index (χ1n) is 22.7. The Balaban J connectivity index is 1.11. The van der Waals surface area contributed by atoms with Gasteiger partial charge in [-0.3, -0.25) is 0 Å². The summed E-state index contributed by atoms with van der Waals surface area (Å²) in [7, 11) is -3.74. The minimum absolute atomic E-state index is 0.0745. The summed E-state index contributed by atoms with van der Waals surface area (Å²) in [6.45, 7) is 28.5. The molecule has 3 aliphatic carbocycles. The molecule has 7 atom stereocenters. The van der Waals surface area contributed by atoms with E-state index in [0.29, 0.717) is 23.4 Å². The predicted octanol–water partition coefficient (Wildman–Crippen LogP) is 14.4. The van der Waals surface area contributed by atoms with Crippen LogP contribution in [0.3, 0.4) is 0 Å². The van der Waals surface area contributed by atoms with Crippen molar-refractivity contribution in [1.82, 2.24) is 0 Å². The molecule has 1 aliphatic heterocycles. The zero-order valence-corrected chi connectivity index (χ0v) is 38.7. The van der Waals surface area contributed by atoms with Crippen LogP contribution in [0.15, 0.2) is 18.2 Å². The summed E-state index contributed by atoms with van der Waals surface area (Å²) in [5.74, 6) is 4.11. The topological polar surface area (TPSA) is 36.9 Å². The molecule has 0 bridgehead atoms. The first-order valence-corrected chi connectivity index (χ1v) is 28.5. The largest absolute Gasteiger partial charge is 0.543 e. The molecule has 4 aliphatic rings. The third kappa shape index (κ3) is 10.8. The number of unbranched alkanes of at least 4 members (excludes halogenated alkanes) is 9. The molecule has 0 N–H and O–H groups in total. The zero-order valence-electron chi connectivity index (χ0n) is 36.7. The molecule has 1 heterocycles. The Bertz CT molecular complexity index is 1270. The molecule has 0 aromatic heterocycles. The molecule has 1 aromatic rings. The molecule has 53 heavy (non-hydrogen) atoms. The average Bonchev–Trinajstić information content (AvgIpc) is 3.36. The highest BCUT2D eigenvalue weighted by Crippen LogP contribution is 2.64. The maximum absolute atomic E-state index is 7.59. The van der Waals surface area contributed by atoms with Crippen LogP contribution in [-0.2, 0) is 20.3 Å². The average molecular weight is 769 g/mol. The van der Waals surface area contributed by atoms with E-state index < -0.39 is 16.6 Å². The highest BCUT2D eigenvalue weighted by atomic mass is 28.4. The van der Waals surface area contributed by atoms with Crippen molar-refractivity contribution in [3.05, 3.63) is 29.3 Å². The SMILES string of the molecule is CC(C)(C)[Si](C)(C)Oc1ccc2c(c1)CC[C@@H]1[C@@H]2CC[C@@]2(C)[C@H]1C[C@@H](CCCCCCCCCCCCOC1CCCCO1)[C@@H]2O[Si](C)(C)C(C)(C)C. The van der Waals surface area contributed by atoms with Crippen LogP contribution in [0.2, 0.25) is 36.3 Å². The number of ether oxygens (including phenoxy) is 2. The summed E-state index contributed by atoms with van der Waals surface area (Å²) in [5, 5.41) is 0.458. The number of benzene rings is 1. The van der Waals surface area contributed by atoms with Crippen molar-refractivity contribution in [3.8, 4) is 5.75 Å². The molecule has 0 radical (unpaired) electrons. The van der Waals surface area contributed by atoms with Crippen LogP contribution < -0.4 is 4.43 Å². The first-order chi connectivity index (χ1) is 24.9. The lowest BCUT2D eigenvalue weighted by Gasteiger charge is -2.52. The van der Waals surface area contributed by atoms with Gasteiger partial charge in [0.15, 0.2) is 14.6 Å². The second-order valence-corrected chi connectivity index (χ2v) is 30.9. The Hall–Kier alpha value is -0.666. The molecule has 0 amide bonds. The summed E-state index contributed by atoms with van der Waals surface area (Å²) >= 11 is 0. The third-order valence-corrected chi connectivity index (χ3v) is 24.4. The maximum Gasteiger partial charge on any atom is 0.250 e. The number of hydrogen-bond donors (Lipinski definition) is 0. The smallest absolute Gasteiger partial charge is 0.250 e. The third-order valence-electron chi connectivity index (χ3n) is 15.6. The van der Waals surface area contributed by atoms with Crippen molar-refractivity contribution < 1.29 is 18.3 Å². The second kappa shape index (κ2) is 18.3. The Kier molecular flexibility index (Phi) is 15.0. The van der Waals surface area contributed by atoms with Gasteiger partial charge in [-0.2, -0.15) is 0 Å². The van der Waals surface area contributed by atoms with Crippen molar-refractivity contribution in [2.75, 3.05) is 13.2 Å². The molecule has 6 heteroatoms. The molecule has 304 valence electrons. The molecular weight excluding hydrogens is 685 g/mol. The first kappa shape index (κ1) is 43.5. The van der Waals surface area contributed by atoms with E-state index in [1.807, 2.05) is 0 Å². The fraction of sp³-hybridized carbons (Fsp3) is 0.872. The predicted molar refractivity (Wildman–Crippen MR) is 230 cm³/mol. The van der Waals surface area contributed by atoms with E-state index in [9.17, 15) is 0 Å². The van der Waals surface area contributed by atoms with Crippen LogP contribution in [0.1, 0.15) is 181 Å². The number of rotatable bonds is 18. The minimum atomic E-state index is -1.89. The van der Waals surface area contributed by atoms with Gasteiger partial charge in [0.25, 0.3) is 0 Å². The molecule has 5 rings (SSSR count). The van der Waals surface area contributed by atoms with Crippen molar-refractivity contribution >= 4 is 16.6 Å². The zero-order chi connectivity index (χ0) is 38.5. The molecule has 4 nitrogen and oxygen atoms in total. The molecular formula is C47H84O4Si2. The van der Waals surface area contributed by atoms with Crippen LogP contribution >= 0.6 is 0 Å². The van der Waals surface area contributed by atoms with E-state index in [1.165, 1.54) is 116 Å². The number of fused-ring (bicyclic) bond motifs is 5. The molecule has 3 fully saturated rings. The highest BCUT2D eigenvalue weighted by Gasteiger charge is 2.60. The van der Waals surface area contributed by atoms with Gasteiger partial charge in [-0.15, -0.1) is 0 Å². The van der Waals surface area contributed by atoms with Gasteiger partial charge in [-0.25, -0.2) is 0 Å². The van der Waals surface area contributed by atoms with Crippen LogP contribution in [0.25, 0.3) is 0 Å². The van der Waals surface area contributed by atoms with Gasteiger partial charge >= 0.3 is 0 Å². The molecule has 1 unspecified atom stereocenters. The Morgan fingerprint density at radius 2 is 1.42 bits per heavy atom. The molecule has 1 aromatic carbocycles. The van der Waals surface area contributed by atoms with Gasteiger partial charge < -0.3 is 18.3 Å². The van der Waals surface area contributed by atoms with Crippen LogP contribution in [0.4, 0.5) is 0 Å². The fourth-order valence-corrected chi connectivity index (χ4v) is 12.7. The number of aryl methyl sites for hydroxylation is 1. The molecule has 0 spiro atoms. The van der Waals surface area contributed by atoms with Crippen molar-refractivity contribution in [3.63, 3.8) is 0 Å². The van der Waals surface area contributed by atoms with Gasteiger partial charge in [-0.1, -0.05) is 112 Å². The maximum atomic E-state index is 7.59.